The third-order valence-corrected chi connectivity index (χ3v) is 6.52. The average molecular weight is 356 g/mol. The Balaban J connectivity index is 1.37. The van der Waals surface area contributed by atoms with Gasteiger partial charge in [0.25, 0.3) is 5.91 Å². The van der Waals surface area contributed by atoms with Crippen LogP contribution < -0.4 is 10.2 Å². The number of rotatable bonds is 4. The average Bonchev–Trinajstić information content (AvgIpc) is 3.24. The maximum absolute atomic E-state index is 12.5. The zero-order valence-electron chi connectivity index (χ0n) is 14.8. The molecule has 2 aliphatic rings. The molecule has 1 fully saturated rings. The molecule has 4 nitrogen and oxygen atoms in total. The SMILES string of the molecule is CCN1CCN(c2ccc(NC(=O)c3cc4c(s3)CCC4)cc2)CC1. The van der Waals surface area contributed by atoms with Crippen molar-refractivity contribution in [2.24, 2.45) is 0 Å². The number of carbonyl (C=O) groups excluding carboxylic acids is 1. The van der Waals surface area contributed by atoms with Crippen molar-refractivity contribution in [3.05, 3.63) is 45.6 Å². The van der Waals surface area contributed by atoms with Crippen molar-refractivity contribution < 1.29 is 4.79 Å². The highest BCUT2D eigenvalue weighted by atomic mass is 32.1. The normalized spacial score (nSPS) is 17.6. The van der Waals surface area contributed by atoms with Gasteiger partial charge in [-0.25, -0.2) is 0 Å². The van der Waals surface area contributed by atoms with Gasteiger partial charge in [-0.15, -0.1) is 11.3 Å². The summed E-state index contributed by atoms with van der Waals surface area (Å²) in [5, 5.41) is 3.04. The molecule has 1 aromatic heterocycles. The fourth-order valence-corrected chi connectivity index (χ4v) is 4.86. The molecule has 1 amide bonds. The Morgan fingerprint density at radius 2 is 1.88 bits per heavy atom. The number of carbonyl (C=O) groups is 1. The minimum Gasteiger partial charge on any atom is -0.369 e. The van der Waals surface area contributed by atoms with E-state index in [0.717, 1.165) is 56.1 Å². The summed E-state index contributed by atoms with van der Waals surface area (Å²) in [6.07, 6.45) is 3.49. The fourth-order valence-electron chi connectivity index (χ4n) is 3.71. The largest absolute Gasteiger partial charge is 0.369 e. The van der Waals surface area contributed by atoms with Crippen molar-refractivity contribution in [2.75, 3.05) is 42.9 Å². The Morgan fingerprint density at radius 3 is 2.56 bits per heavy atom. The van der Waals surface area contributed by atoms with E-state index in [-0.39, 0.29) is 5.91 Å². The highest BCUT2D eigenvalue weighted by Gasteiger charge is 2.19. The predicted molar refractivity (Wildman–Crippen MR) is 105 cm³/mol. The van der Waals surface area contributed by atoms with Crippen LogP contribution in [0.4, 0.5) is 11.4 Å². The number of nitrogens with zero attached hydrogens (tertiary/aromatic N) is 2. The Labute approximate surface area is 153 Å². The molecule has 0 radical (unpaired) electrons. The van der Waals surface area contributed by atoms with Crippen LogP contribution in [0.15, 0.2) is 30.3 Å². The number of aryl methyl sites for hydroxylation is 2. The topological polar surface area (TPSA) is 35.6 Å². The van der Waals surface area contributed by atoms with Crippen LogP contribution >= 0.6 is 11.3 Å². The van der Waals surface area contributed by atoms with Crippen molar-refractivity contribution in [1.29, 1.82) is 0 Å². The van der Waals surface area contributed by atoms with Gasteiger partial charge in [-0.3, -0.25) is 4.79 Å². The van der Waals surface area contributed by atoms with Crippen molar-refractivity contribution in [3.8, 4) is 0 Å². The van der Waals surface area contributed by atoms with E-state index in [1.807, 2.05) is 12.1 Å². The number of hydrogen-bond donors (Lipinski definition) is 1. The molecule has 5 heteroatoms. The van der Waals surface area contributed by atoms with Crippen LogP contribution in [0, 0.1) is 0 Å². The summed E-state index contributed by atoms with van der Waals surface area (Å²) in [5.41, 5.74) is 3.48. The predicted octanol–water partition coefficient (Wildman–Crippen LogP) is 3.63. The summed E-state index contributed by atoms with van der Waals surface area (Å²) >= 11 is 1.65. The highest BCUT2D eigenvalue weighted by Crippen LogP contribution is 2.31. The standard InChI is InChI=1S/C20H25N3OS/c1-2-22-10-12-23(13-11-22)17-8-6-16(7-9-17)21-20(24)19-14-15-4-3-5-18(15)25-19/h6-9,14H,2-5,10-13H2,1H3,(H,21,24). The van der Waals surface area contributed by atoms with Crippen LogP contribution in [0.3, 0.4) is 0 Å². The number of fused-ring (bicyclic) bond motifs is 1. The van der Waals surface area contributed by atoms with Crippen molar-refractivity contribution in [2.45, 2.75) is 26.2 Å². The quantitative estimate of drug-likeness (QED) is 0.910. The van der Waals surface area contributed by atoms with Gasteiger partial charge < -0.3 is 15.1 Å². The maximum Gasteiger partial charge on any atom is 0.265 e. The second-order valence-electron chi connectivity index (χ2n) is 6.83. The number of thiophene rings is 1. The van der Waals surface area contributed by atoms with Crippen LogP contribution in [0.2, 0.25) is 0 Å². The molecule has 1 aromatic carbocycles. The summed E-state index contributed by atoms with van der Waals surface area (Å²) < 4.78 is 0. The minimum absolute atomic E-state index is 0.0173. The summed E-state index contributed by atoms with van der Waals surface area (Å²) in [7, 11) is 0. The second kappa shape index (κ2) is 7.18. The molecule has 0 spiro atoms. The minimum atomic E-state index is 0.0173. The number of amides is 1. The molecular weight excluding hydrogens is 330 g/mol. The first-order valence-electron chi connectivity index (χ1n) is 9.23. The third kappa shape index (κ3) is 3.58. The van der Waals surface area contributed by atoms with E-state index in [9.17, 15) is 4.79 Å². The van der Waals surface area contributed by atoms with Crippen molar-refractivity contribution in [3.63, 3.8) is 0 Å². The second-order valence-corrected chi connectivity index (χ2v) is 7.97. The van der Waals surface area contributed by atoms with Gasteiger partial charge in [0, 0.05) is 42.4 Å². The van der Waals surface area contributed by atoms with E-state index in [1.54, 1.807) is 11.3 Å². The third-order valence-electron chi connectivity index (χ3n) is 5.28. The Bertz CT molecular complexity index is 723. The number of anilines is 2. The first kappa shape index (κ1) is 16.6. The lowest BCUT2D eigenvalue weighted by Crippen LogP contribution is -2.46. The molecule has 1 aliphatic heterocycles. The van der Waals surface area contributed by atoms with Gasteiger partial charge in [0.05, 0.1) is 4.88 Å². The van der Waals surface area contributed by atoms with Gasteiger partial charge in [0.2, 0.25) is 0 Å². The van der Waals surface area contributed by atoms with Crippen LogP contribution in [-0.2, 0) is 12.8 Å². The molecule has 4 rings (SSSR count). The van der Waals surface area contributed by atoms with E-state index in [2.05, 4.69) is 40.2 Å². The number of benzene rings is 1. The summed E-state index contributed by atoms with van der Waals surface area (Å²) in [4.78, 5) is 19.6. The molecule has 0 atom stereocenters. The molecule has 1 N–H and O–H groups in total. The molecule has 0 unspecified atom stereocenters. The molecule has 0 saturated carbocycles. The molecule has 1 aliphatic carbocycles. The highest BCUT2D eigenvalue weighted by molar-refractivity contribution is 7.14. The molecular formula is C20H25N3OS. The molecule has 25 heavy (non-hydrogen) atoms. The van der Waals surface area contributed by atoms with Crippen molar-refractivity contribution in [1.82, 2.24) is 4.90 Å². The first-order chi connectivity index (χ1) is 12.2. The zero-order chi connectivity index (χ0) is 17.2. The van der Waals surface area contributed by atoms with Gasteiger partial charge in [-0.1, -0.05) is 6.92 Å². The van der Waals surface area contributed by atoms with Gasteiger partial charge in [-0.05, 0) is 61.7 Å². The van der Waals surface area contributed by atoms with Crippen LogP contribution in [0.5, 0.6) is 0 Å². The van der Waals surface area contributed by atoms with Gasteiger partial charge in [0.15, 0.2) is 0 Å². The van der Waals surface area contributed by atoms with Gasteiger partial charge in [-0.2, -0.15) is 0 Å². The first-order valence-corrected chi connectivity index (χ1v) is 10.0. The lowest BCUT2D eigenvalue weighted by atomic mass is 10.2. The van der Waals surface area contributed by atoms with E-state index in [4.69, 9.17) is 0 Å². The van der Waals surface area contributed by atoms with Gasteiger partial charge in [0.1, 0.15) is 0 Å². The molecule has 0 bridgehead atoms. The number of nitrogens with one attached hydrogen (secondary N) is 1. The van der Waals surface area contributed by atoms with Gasteiger partial charge >= 0.3 is 0 Å². The fraction of sp³-hybridized carbons (Fsp3) is 0.450. The monoisotopic (exact) mass is 355 g/mol. The van der Waals surface area contributed by atoms with E-state index < -0.39 is 0 Å². The van der Waals surface area contributed by atoms with E-state index >= 15 is 0 Å². The maximum atomic E-state index is 12.5. The van der Waals surface area contributed by atoms with Crippen molar-refractivity contribution >= 4 is 28.6 Å². The summed E-state index contributed by atoms with van der Waals surface area (Å²) in [6, 6.07) is 10.3. The summed E-state index contributed by atoms with van der Waals surface area (Å²) in [5.74, 6) is 0.0173. The van der Waals surface area contributed by atoms with E-state index in [0.29, 0.717) is 0 Å². The zero-order valence-corrected chi connectivity index (χ0v) is 15.6. The van der Waals surface area contributed by atoms with Crippen LogP contribution in [0.25, 0.3) is 0 Å². The molecule has 2 aromatic rings. The smallest absolute Gasteiger partial charge is 0.265 e. The van der Waals surface area contributed by atoms with Crippen LogP contribution in [-0.4, -0.2) is 43.5 Å². The Hall–Kier alpha value is -1.85. The lowest BCUT2D eigenvalue weighted by Gasteiger charge is -2.35. The molecule has 2 heterocycles. The number of hydrogen-bond acceptors (Lipinski definition) is 4. The number of piperazine rings is 1. The molecule has 1 saturated heterocycles. The Kier molecular flexibility index (Phi) is 4.77. The summed E-state index contributed by atoms with van der Waals surface area (Å²) in [6.45, 7) is 7.73. The lowest BCUT2D eigenvalue weighted by molar-refractivity contribution is 0.103. The molecule has 132 valence electrons. The van der Waals surface area contributed by atoms with E-state index in [1.165, 1.54) is 22.5 Å². The number of likely N-dealkylation sites (N-methyl/N-ethyl adjacent to an activating group) is 1. The van der Waals surface area contributed by atoms with Crippen LogP contribution in [0.1, 0.15) is 33.5 Å². The Morgan fingerprint density at radius 1 is 1.12 bits per heavy atom.